The largest absolute Gasteiger partial charge is 0.466 e. The Morgan fingerprint density at radius 2 is 0.566 bits per heavy atom. The van der Waals surface area contributed by atoms with E-state index in [0.717, 1.165) is 38.5 Å². The van der Waals surface area contributed by atoms with Crippen molar-refractivity contribution in [3.8, 4) is 0 Å². The van der Waals surface area contributed by atoms with Gasteiger partial charge >= 0.3 is 5.97 Å². The summed E-state index contributed by atoms with van der Waals surface area (Å²) in [5, 5.41) is 23.2. The number of rotatable bonds is 71. The molecule has 83 heavy (non-hydrogen) atoms. The SMILES string of the molecule is CCCCCCCC/C=C\CCCCCCCCCCCC(=O)OCCCCCCCCCCCCCC/C=C\CCCCCCCCCCCCCCCCCCC(=O)NC(CO)C(O)/C=C/CCCCCCCCCCCCCCC. The summed E-state index contributed by atoms with van der Waals surface area (Å²) in [5.74, 6) is -0.0448. The Kier molecular flexibility index (Phi) is 70.9. The Balaban J connectivity index is 3.35. The first kappa shape index (κ1) is 81.1. The van der Waals surface area contributed by atoms with Crippen LogP contribution in [0.5, 0.6) is 0 Å². The number of hydrogen-bond donors (Lipinski definition) is 3. The lowest BCUT2D eigenvalue weighted by Crippen LogP contribution is -2.45. The molecule has 6 heteroatoms. The van der Waals surface area contributed by atoms with Gasteiger partial charge in [-0.05, 0) is 83.5 Å². The summed E-state index contributed by atoms with van der Waals surface area (Å²) in [6.07, 6.45) is 93.9. The number of nitrogens with one attached hydrogen (secondary N) is 1. The zero-order valence-electron chi connectivity index (χ0n) is 56.2. The van der Waals surface area contributed by atoms with Gasteiger partial charge in [-0.25, -0.2) is 0 Å². The Morgan fingerprint density at radius 1 is 0.325 bits per heavy atom. The minimum Gasteiger partial charge on any atom is -0.466 e. The van der Waals surface area contributed by atoms with E-state index in [2.05, 4.69) is 43.5 Å². The molecule has 1 amide bonds. The van der Waals surface area contributed by atoms with Gasteiger partial charge in [-0.1, -0.05) is 359 Å². The van der Waals surface area contributed by atoms with E-state index in [1.165, 1.54) is 353 Å². The molecule has 0 aliphatic heterocycles. The van der Waals surface area contributed by atoms with Crippen molar-refractivity contribution >= 4 is 11.9 Å². The number of ether oxygens (including phenoxy) is 1. The molecule has 0 fully saturated rings. The fourth-order valence-electron chi connectivity index (χ4n) is 11.9. The number of esters is 1. The first-order valence-electron chi connectivity index (χ1n) is 37.8. The van der Waals surface area contributed by atoms with Gasteiger partial charge in [0.25, 0.3) is 0 Å². The lowest BCUT2D eigenvalue weighted by atomic mass is 10.0. The van der Waals surface area contributed by atoms with Crippen LogP contribution in [0.1, 0.15) is 418 Å². The van der Waals surface area contributed by atoms with Crippen LogP contribution in [0.4, 0.5) is 0 Å². The Morgan fingerprint density at radius 3 is 0.855 bits per heavy atom. The molecule has 0 saturated heterocycles. The summed E-state index contributed by atoms with van der Waals surface area (Å²) >= 11 is 0. The van der Waals surface area contributed by atoms with Gasteiger partial charge in [0.05, 0.1) is 25.4 Å². The summed E-state index contributed by atoms with van der Waals surface area (Å²) in [6.45, 7) is 4.93. The Labute approximate surface area is 519 Å². The molecular formula is C77H147NO5. The smallest absolute Gasteiger partial charge is 0.305 e. The lowest BCUT2D eigenvalue weighted by Gasteiger charge is -2.20. The third-order valence-corrected chi connectivity index (χ3v) is 17.6. The predicted molar refractivity (Wildman–Crippen MR) is 366 cm³/mol. The van der Waals surface area contributed by atoms with Crippen molar-refractivity contribution in [2.75, 3.05) is 13.2 Å². The van der Waals surface area contributed by atoms with Crippen LogP contribution in [0.2, 0.25) is 0 Å². The number of hydrogen-bond acceptors (Lipinski definition) is 5. The number of unbranched alkanes of at least 4 members (excludes halogenated alkanes) is 56. The molecule has 2 unspecified atom stereocenters. The van der Waals surface area contributed by atoms with Crippen LogP contribution in [-0.4, -0.2) is 47.4 Å². The van der Waals surface area contributed by atoms with E-state index in [1.807, 2.05) is 6.08 Å². The van der Waals surface area contributed by atoms with Crippen molar-refractivity contribution in [2.24, 2.45) is 0 Å². The second-order valence-electron chi connectivity index (χ2n) is 26.0. The minimum absolute atomic E-state index is 0.0181. The molecule has 0 aliphatic rings. The molecule has 0 radical (unpaired) electrons. The molecule has 0 aromatic heterocycles. The van der Waals surface area contributed by atoms with Gasteiger partial charge in [-0.3, -0.25) is 9.59 Å². The van der Waals surface area contributed by atoms with Gasteiger partial charge in [0, 0.05) is 12.8 Å². The van der Waals surface area contributed by atoms with Crippen molar-refractivity contribution in [2.45, 2.75) is 431 Å². The molecule has 6 nitrogen and oxygen atoms in total. The molecule has 490 valence electrons. The minimum atomic E-state index is -0.843. The van der Waals surface area contributed by atoms with Crippen LogP contribution >= 0.6 is 0 Å². The van der Waals surface area contributed by atoms with E-state index in [-0.39, 0.29) is 18.5 Å². The zero-order chi connectivity index (χ0) is 59.9. The molecule has 0 rings (SSSR count). The highest BCUT2D eigenvalue weighted by atomic mass is 16.5. The van der Waals surface area contributed by atoms with Crippen LogP contribution in [-0.2, 0) is 14.3 Å². The van der Waals surface area contributed by atoms with E-state index < -0.39 is 12.1 Å². The maximum absolute atomic E-state index is 12.5. The highest BCUT2D eigenvalue weighted by molar-refractivity contribution is 5.76. The van der Waals surface area contributed by atoms with Gasteiger partial charge in [-0.2, -0.15) is 0 Å². The van der Waals surface area contributed by atoms with E-state index >= 15 is 0 Å². The van der Waals surface area contributed by atoms with Crippen LogP contribution < -0.4 is 5.32 Å². The van der Waals surface area contributed by atoms with Crippen LogP contribution in [0, 0.1) is 0 Å². The van der Waals surface area contributed by atoms with E-state index in [9.17, 15) is 19.8 Å². The number of amides is 1. The van der Waals surface area contributed by atoms with Gasteiger partial charge in [0.1, 0.15) is 0 Å². The summed E-state index contributed by atoms with van der Waals surface area (Å²) < 4.78 is 5.51. The van der Waals surface area contributed by atoms with Crippen LogP contribution in [0.15, 0.2) is 36.5 Å². The topological polar surface area (TPSA) is 95.9 Å². The molecule has 0 saturated carbocycles. The van der Waals surface area contributed by atoms with Crippen molar-refractivity contribution in [3.05, 3.63) is 36.5 Å². The monoisotopic (exact) mass is 1170 g/mol. The first-order valence-corrected chi connectivity index (χ1v) is 37.8. The van der Waals surface area contributed by atoms with Crippen molar-refractivity contribution in [1.82, 2.24) is 5.32 Å². The van der Waals surface area contributed by atoms with Crippen molar-refractivity contribution < 1.29 is 24.5 Å². The van der Waals surface area contributed by atoms with Crippen molar-refractivity contribution in [1.29, 1.82) is 0 Å². The molecule has 0 heterocycles. The fourth-order valence-corrected chi connectivity index (χ4v) is 11.9. The summed E-state index contributed by atoms with van der Waals surface area (Å²) in [5.41, 5.74) is 0. The van der Waals surface area contributed by atoms with Crippen LogP contribution in [0.3, 0.4) is 0 Å². The average Bonchev–Trinajstić information content (AvgIpc) is 3.48. The standard InChI is InChI=1S/C77H147NO5/c1-3-5-7-9-11-13-15-17-19-20-35-39-43-47-51-55-59-63-67-71-77(82)83-72-68-64-60-56-52-48-44-40-37-34-32-30-28-26-24-22-21-23-25-27-29-31-33-36-38-42-46-50-54-58-62-66-70-76(81)78-74(73-79)75(80)69-65-61-57-53-49-45-41-18-16-14-12-10-8-6-4-2/h17,19,24,26,65,69,74-75,79-80H,3-16,18,20-23,25,27-64,66-68,70-73H2,1-2H3,(H,78,81)/b19-17-,26-24-,69-65+. The molecule has 0 aromatic rings. The predicted octanol–water partition coefficient (Wildman–Crippen LogP) is 24.7. The van der Waals surface area contributed by atoms with E-state index in [1.54, 1.807) is 6.08 Å². The molecule has 3 N–H and O–H groups in total. The molecule has 0 spiro atoms. The maximum atomic E-state index is 12.5. The number of carbonyl (C=O) groups excluding carboxylic acids is 2. The summed E-state index contributed by atoms with van der Waals surface area (Å²) in [6, 6.07) is -0.626. The number of carbonyl (C=O) groups is 2. The molecular weight excluding hydrogens is 1020 g/mol. The molecule has 0 aromatic carbocycles. The summed E-state index contributed by atoms with van der Waals surface area (Å²) in [7, 11) is 0. The first-order chi connectivity index (χ1) is 41.0. The normalized spacial score (nSPS) is 12.7. The quantitative estimate of drug-likeness (QED) is 0.0320. The average molecular weight is 1170 g/mol. The number of aliphatic hydroxyl groups excluding tert-OH is 2. The van der Waals surface area contributed by atoms with E-state index in [4.69, 9.17) is 4.74 Å². The maximum Gasteiger partial charge on any atom is 0.305 e. The van der Waals surface area contributed by atoms with Gasteiger partial charge in [-0.15, -0.1) is 0 Å². The van der Waals surface area contributed by atoms with E-state index in [0.29, 0.717) is 19.4 Å². The third kappa shape index (κ3) is 69.1. The molecule has 2 atom stereocenters. The van der Waals surface area contributed by atoms with Gasteiger partial charge in [0.15, 0.2) is 0 Å². The Bertz CT molecular complexity index is 1340. The third-order valence-electron chi connectivity index (χ3n) is 17.6. The molecule has 0 bridgehead atoms. The second kappa shape index (κ2) is 72.6. The summed E-state index contributed by atoms with van der Waals surface area (Å²) in [4.78, 5) is 24.6. The lowest BCUT2D eigenvalue weighted by molar-refractivity contribution is -0.143. The van der Waals surface area contributed by atoms with Gasteiger partial charge < -0.3 is 20.3 Å². The number of allylic oxidation sites excluding steroid dienone is 5. The highest BCUT2D eigenvalue weighted by Gasteiger charge is 2.18. The van der Waals surface area contributed by atoms with Gasteiger partial charge in [0.2, 0.25) is 5.91 Å². The zero-order valence-corrected chi connectivity index (χ0v) is 56.2. The Hall–Kier alpha value is -1.92. The number of aliphatic hydroxyl groups is 2. The van der Waals surface area contributed by atoms with Crippen molar-refractivity contribution in [3.63, 3.8) is 0 Å². The molecule has 0 aliphatic carbocycles. The highest BCUT2D eigenvalue weighted by Crippen LogP contribution is 2.19. The fraction of sp³-hybridized carbons (Fsp3) is 0.896. The van der Waals surface area contributed by atoms with Crippen LogP contribution in [0.25, 0.3) is 0 Å². The second-order valence-corrected chi connectivity index (χ2v) is 26.0.